The molecular formula is C24H39N5O. The van der Waals surface area contributed by atoms with Crippen LogP contribution in [0.25, 0.3) is 0 Å². The number of piperidine rings is 1. The summed E-state index contributed by atoms with van der Waals surface area (Å²) in [7, 11) is 0. The number of nitrogens with one attached hydrogen (secondary N) is 2. The average molecular weight is 414 g/mol. The van der Waals surface area contributed by atoms with Gasteiger partial charge >= 0.3 is 0 Å². The molecule has 1 amide bonds. The van der Waals surface area contributed by atoms with Crippen LogP contribution in [0.2, 0.25) is 0 Å². The highest BCUT2D eigenvalue weighted by Crippen LogP contribution is 2.21. The molecule has 0 bridgehead atoms. The Morgan fingerprint density at radius 2 is 1.93 bits per heavy atom. The molecular weight excluding hydrogens is 374 g/mol. The normalized spacial score (nSPS) is 22.9. The lowest BCUT2D eigenvalue weighted by Gasteiger charge is -2.33. The molecule has 0 aromatic heterocycles. The summed E-state index contributed by atoms with van der Waals surface area (Å²) in [6.07, 6.45) is 5.50. The molecule has 0 aliphatic carbocycles. The fourth-order valence-corrected chi connectivity index (χ4v) is 4.48. The van der Waals surface area contributed by atoms with Gasteiger partial charge in [0.1, 0.15) is 0 Å². The zero-order valence-electron chi connectivity index (χ0n) is 19.0. The van der Waals surface area contributed by atoms with E-state index in [-0.39, 0.29) is 11.9 Å². The van der Waals surface area contributed by atoms with Crippen molar-refractivity contribution in [1.29, 1.82) is 0 Å². The van der Waals surface area contributed by atoms with E-state index in [1.54, 1.807) is 0 Å². The maximum absolute atomic E-state index is 12.0. The molecule has 2 heterocycles. The van der Waals surface area contributed by atoms with Crippen LogP contribution in [-0.2, 0) is 17.9 Å². The maximum Gasteiger partial charge on any atom is 0.222 e. The molecule has 6 heteroatoms. The van der Waals surface area contributed by atoms with Gasteiger partial charge in [-0.05, 0) is 50.8 Å². The summed E-state index contributed by atoms with van der Waals surface area (Å²) in [5, 5.41) is 6.91. The van der Waals surface area contributed by atoms with Crippen LogP contribution in [0.1, 0.15) is 64.0 Å². The highest BCUT2D eigenvalue weighted by atomic mass is 16.2. The minimum absolute atomic E-state index is 0.238. The summed E-state index contributed by atoms with van der Waals surface area (Å²) < 4.78 is 0. The SMILES string of the molecule is CCNC(=NCc1ccccc1CN1CCCCC1C)NC1CCN(C(=O)CC)C1. The highest BCUT2D eigenvalue weighted by Gasteiger charge is 2.26. The van der Waals surface area contributed by atoms with E-state index in [0.717, 1.165) is 38.6 Å². The second kappa shape index (κ2) is 11.3. The molecule has 0 spiro atoms. The number of hydrogen-bond acceptors (Lipinski definition) is 3. The zero-order valence-corrected chi connectivity index (χ0v) is 19.0. The predicted molar refractivity (Wildman–Crippen MR) is 123 cm³/mol. The van der Waals surface area contributed by atoms with Gasteiger partial charge in [-0.25, -0.2) is 4.99 Å². The van der Waals surface area contributed by atoms with Gasteiger partial charge in [-0.2, -0.15) is 0 Å². The van der Waals surface area contributed by atoms with Crippen LogP contribution < -0.4 is 10.6 Å². The van der Waals surface area contributed by atoms with Crippen molar-refractivity contribution >= 4 is 11.9 Å². The molecule has 2 fully saturated rings. The molecule has 0 radical (unpaired) electrons. The third-order valence-electron chi connectivity index (χ3n) is 6.37. The van der Waals surface area contributed by atoms with E-state index in [1.165, 1.54) is 36.9 Å². The molecule has 0 saturated carbocycles. The molecule has 2 saturated heterocycles. The lowest BCUT2D eigenvalue weighted by atomic mass is 10.0. The summed E-state index contributed by atoms with van der Waals surface area (Å²) in [6, 6.07) is 9.62. The lowest BCUT2D eigenvalue weighted by molar-refractivity contribution is -0.129. The van der Waals surface area contributed by atoms with Gasteiger partial charge < -0.3 is 15.5 Å². The molecule has 2 atom stereocenters. The summed E-state index contributed by atoms with van der Waals surface area (Å²) in [6.45, 7) is 11.6. The number of carbonyl (C=O) groups is 1. The second-order valence-electron chi connectivity index (χ2n) is 8.60. The van der Waals surface area contributed by atoms with Crippen molar-refractivity contribution in [2.24, 2.45) is 4.99 Å². The number of carbonyl (C=O) groups excluding carboxylic acids is 1. The predicted octanol–water partition coefficient (Wildman–Crippen LogP) is 3.13. The van der Waals surface area contributed by atoms with Crippen LogP contribution in [0.4, 0.5) is 0 Å². The van der Waals surface area contributed by atoms with Crippen molar-refractivity contribution < 1.29 is 4.79 Å². The first-order valence-electron chi connectivity index (χ1n) is 11.7. The molecule has 1 aromatic carbocycles. The van der Waals surface area contributed by atoms with Crippen molar-refractivity contribution in [1.82, 2.24) is 20.4 Å². The molecule has 166 valence electrons. The Hall–Kier alpha value is -2.08. The van der Waals surface area contributed by atoms with Crippen LogP contribution in [0.15, 0.2) is 29.3 Å². The van der Waals surface area contributed by atoms with E-state index in [2.05, 4.69) is 53.6 Å². The first-order valence-corrected chi connectivity index (χ1v) is 11.7. The third kappa shape index (κ3) is 6.21. The Balaban J connectivity index is 1.63. The third-order valence-corrected chi connectivity index (χ3v) is 6.37. The van der Waals surface area contributed by atoms with Crippen LogP contribution in [-0.4, -0.2) is 59.9 Å². The van der Waals surface area contributed by atoms with Gasteiger partial charge in [0.25, 0.3) is 0 Å². The second-order valence-corrected chi connectivity index (χ2v) is 8.60. The summed E-state index contributed by atoms with van der Waals surface area (Å²) in [5.41, 5.74) is 2.67. The quantitative estimate of drug-likeness (QED) is 0.533. The largest absolute Gasteiger partial charge is 0.357 e. The summed E-state index contributed by atoms with van der Waals surface area (Å²) >= 11 is 0. The number of benzene rings is 1. The molecule has 2 unspecified atom stereocenters. The van der Waals surface area contributed by atoms with Gasteiger partial charge in [0, 0.05) is 44.7 Å². The van der Waals surface area contributed by atoms with E-state index < -0.39 is 0 Å². The molecule has 2 N–H and O–H groups in total. The van der Waals surface area contributed by atoms with E-state index in [1.807, 2.05) is 11.8 Å². The van der Waals surface area contributed by atoms with Crippen LogP contribution in [0.5, 0.6) is 0 Å². The standard InChI is InChI=1S/C24H39N5O/c1-4-23(30)29-15-13-22(18-29)27-24(25-5-2)26-16-20-11-6-7-12-21(20)17-28-14-9-8-10-19(28)3/h6-7,11-12,19,22H,4-5,8-10,13-18H2,1-3H3,(H2,25,26,27). The summed E-state index contributed by atoms with van der Waals surface area (Å²) in [5.74, 6) is 1.08. The van der Waals surface area contributed by atoms with Crippen LogP contribution >= 0.6 is 0 Å². The Labute approximate surface area is 182 Å². The van der Waals surface area contributed by atoms with Crippen molar-refractivity contribution in [2.75, 3.05) is 26.2 Å². The van der Waals surface area contributed by atoms with Gasteiger partial charge in [0.15, 0.2) is 5.96 Å². The fraction of sp³-hybridized carbons (Fsp3) is 0.667. The van der Waals surface area contributed by atoms with Gasteiger partial charge in [-0.15, -0.1) is 0 Å². The van der Waals surface area contributed by atoms with Crippen LogP contribution in [0.3, 0.4) is 0 Å². The molecule has 2 aliphatic rings. The number of hydrogen-bond donors (Lipinski definition) is 2. The molecule has 30 heavy (non-hydrogen) atoms. The number of guanidine groups is 1. The maximum atomic E-state index is 12.0. The van der Waals surface area contributed by atoms with E-state index in [9.17, 15) is 4.79 Å². The smallest absolute Gasteiger partial charge is 0.222 e. The van der Waals surface area contributed by atoms with E-state index >= 15 is 0 Å². The van der Waals surface area contributed by atoms with Crippen LogP contribution in [0, 0.1) is 0 Å². The Morgan fingerprint density at radius 1 is 1.13 bits per heavy atom. The average Bonchev–Trinajstić information content (AvgIpc) is 3.22. The Morgan fingerprint density at radius 3 is 2.67 bits per heavy atom. The fourth-order valence-electron chi connectivity index (χ4n) is 4.48. The Kier molecular flexibility index (Phi) is 8.55. The topological polar surface area (TPSA) is 60.0 Å². The van der Waals surface area contributed by atoms with E-state index in [0.29, 0.717) is 19.0 Å². The minimum Gasteiger partial charge on any atom is -0.357 e. The number of amides is 1. The van der Waals surface area contributed by atoms with Crippen molar-refractivity contribution in [3.05, 3.63) is 35.4 Å². The Bertz CT molecular complexity index is 719. The van der Waals surface area contributed by atoms with Gasteiger partial charge in [-0.1, -0.05) is 37.6 Å². The molecule has 1 aromatic rings. The molecule has 2 aliphatic heterocycles. The van der Waals surface area contributed by atoms with Crippen molar-refractivity contribution in [2.45, 2.75) is 78.0 Å². The first-order chi connectivity index (χ1) is 14.6. The number of rotatable bonds is 7. The molecule has 3 rings (SSSR count). The first kappa shape index (κ1) is 22.6. The monoisotopic (exact) mass is 413 g/mol. The minimum atomic E-state index is 0.238. The molecule has 6 nitrogen and oxygen atoms in total. The number of aliphatic imine (C=N–C) groups is 1. The number of nitrogens with zero attached hydrogens (tertiary/aromatic N) is 3. The zero-order chi connectivity index (χ0) is 21.3. The summed E-state index contributed by atoms with van der Waals surface area (Å²) in [4.78, 5) is 21.4. The number of likely N-dealkylation sites (tertiary alicyclic amines) is 2. The lowest BCUT2D eigenvalue weighted by Crippen LogP contribution is -2.45. The van der Waals surface area contributed by atoms with Crippen molar-refractivity contribution in [3.8, 4) is 0 Å². The highest BCUT2D eigenvalue weighted by molar-refractivity contribution is 5.80. The van der Waals surface area contributed by atoms with Gasteiger partial charge in [0.2, 0.25) is 5.91 Å². The van der Waals surface area contributed by atoms with Crippen molar-refractivity contribution in [3.63, 3.8) is 0 Å². The van der Waals surface area contributed by atoms with E-state index in [4.69, 9.17) is 4.99 Å². The van der Waals surface area contributed by atoms with Gasteiger partial charge in [0.05, 0.1) is 6.54 Å². The van der Waals surface area contributed by atoms with Gasteiger partial charge in [-0.3, -0.25) is 9.69 Å².